The minimum atomic E-state index is 0.0769. The lowest BCUT2D eigenvalue weighted by molar-refractivity contribution is -0.118. The summed E-state index contributed by atoms with van der Waals surface area (Å²) in [6.07, 6.45) is 1.77. The van der Waals surface area contributed by atoms with Crippen molar-refractivity contribution in [3.05, 3.63) is 30.1 Å². The van der Waals surface area contributed by atoms with E-state index in [1.807, 2.05) is 32.2 Å². The van der Waals surface area contributed by atoms with E-state index in [1.165, 1.54) is 0 Å². The lowest BCUT2D eigenvalue weighted by Gasteiger charge is -2.11. The van der Waals surface area contributed by atoms with Crippen molar-refractivity contribution in [1.82, 2.24) is 15.6 Å². The molecule has 5 heteroatoms. The molecule has 0 saturated heterocycles. The largest absolute Gasteiger partial charge is 0.354 e. The van der Waals surface area contributed by atoms with Crippen molar-refractivity contribution >= 4 is 17.7 Å². The summed E-state index contributed by atoms with van der Waals surface area (Å²) >= 11 is 1.58. The number of aromatic nitrogens is 1. The monoisotopic (exact) mass is 253 g/mol. The van der Waals surface area contributed by atoms with E-state index in [0.717, 1.165) is 11.4 Å². The molecule has 1 unspecified atom stereocenters. The molecule has 1 amide bonds. The van der Waals surface area contributed by atoms with Gasteiger partial charge in [0, 0.05) is 24.5 Å². The van der Waals surface area contributed by atoms with Crippen molar-refractivity contribution in [1.29, 1.82) is 0 Å². The number of nitrogens with zero attached hydrogens (tertiary/aromatic N) is 1. The Bertz CT molecular complexity index is 332. The van der Waals surface area contributed by atoms with Crippen LogP contribution in [0.4, 0.5) is 0 Å². The second-order valence-corrected chi connectivity index (χ2v) is 4.79. The van der Waals surface area contributed by atoms with Crippen LogP contribution in [0.15, 0.2) is 24.4 Å². The maximum Gasteiger partial charge on any atom is 0.230 e. The predicted octanol–water partition coefficient (Wildman–Crippen LogP) is 1.04. The first-order valence-electron chi connectivity index (χ1n) is 5.64. The molecule has 1 heterocycles. The van der Waals surface area contributed by atoms with Gasteiger partial charge in [0.25, 0.3) is 0 Å². The van der Waals surface area contributed by atoms with E-state index in [9.17, 15) is 4.79 Å². The Balaban J connectivity index is 2.12. The zero-order valence-corrected chi connectivity index (χ0v) is 11.1. The summed E-state index contributed by atoms with van der Waals surface area (Å²) in [6, 6.07) is 6.12. The third kappa shape index (κ3) is 6.28. The van der Waals surface area contributed by atoms with E-state index >= 15 is 0 Å². The molecule has 94 valence electrons. The Labute approximate surface area is 107 Å². The zero-order valence-electron chi connectivity index (χ0n) is 10.3. The van der Waals surface area contributed by atoms with Crippen molar-refractivity contribution in [2.24, 2.45) is 0 Å². The molecule has 0 aromatic carbocycles. The number of likely N-dealkylation sites (N-methyl/N-ethyl adjacent to an activating group) is 1. The summed E-state index contributed by atoms with van der Waals surface area (Å²) in [6.45, 7) is 2.70. The highest BCUT2D eigenvalue weighted by atomic mass is 32.2. The van der Waals surface area contributed by atoms with E-state index in [1.54, 1.807) is 18.0 Å². The van der Waals surface area contributed by atoms with Gasteiger partial charge in [-0.3, -0.25) is 9.78 Å². The third-order valence-electron chi connectivity index (χ3n) is 2.31. The highest BCUT2D eigenvalue weighted by Crippen LogP contribution is 2.08. The second-order valence-electron chi connectivity index (χ2n) is 3.81. The average molecular weight is 253 g/mol. The van der Waals surface area contributed by atoms with Crippen molar-refractivity contribution < 1.29 is 4.79 Å². The van der Waals surface area contributed by atoms with Crippen molar-refractivity contribution in [2.75, 3.05) is 19.3 Å². The number of amides is 1. The van der Waals surface area contributed by atoms with Gasteiger partial charge in [0.15, 0.2) is 0 Å². The molecule has 1 rings (SSSR count). The molecular formula is C12H19N3OS. The van der Waals surface area contributed by atoms with Crippen LogP contribution in [0.25, 0.3) is 0 Å². The fourth-order valence-electron chi connectivity index (χ4n) is 1.15. The maximum atomic E-state index is 11.5. The Morgan fingerprint density at radius 3 is 3.00 bits per heavy atom. The molecular weight excluding hydrogens is 234 g/mol. The molecule has 0 spiro atoms. The minimum absolute atomic E-state index is 0.0769. The number of carbonyl (C=O) groups is 1. The van der Waals surface area contributed by atoms with E-state index in [0.29, 0.717) is 18.3 Å². The van der Waals surface area contributed by atoms with Gasteiger partial charge in [-0.15, -0.1) is 11.8 Å². The third-order valence-corrected chi connectivity index (χ3v) is 3.27. The van der Waals surface area contributed by atoms with Gasteiger partial charge in [0.2, 0.25) is 5.91 Å². The molecule has 17 heavy (non-hydrogen) atoms. The number of hydrogen-bond acceptors (Lipinski definition) is 4. The molecule has 0 aliphatic carbocycles. The first-order chi connectivity index (χ1) is 8.22. The summed E-state index contributed by atoms with van der Waals surface area (Å²) in [5, 5.41) is 5.95. The van der Waals surface area contributed by atoms with Crippen LogP contribution in [0, 0.1) is 0 Å². The maximum absolute atomic E-state index is 11.5. The first-order valence-corrected chi connectivity index (χ1v) is 6.79. The van der Waals surface area contributed by atoms with Gasteiger partial charge in [0.05, 0.1) is 11.4 Å². The van der Waals surface area contributed by atoms with Crippen LogP contribution in [0.1, 0.15) is 12.6 Å². The van der Waals surface area contributed by atoms with Crippen LogP contribution in [-0.4, -0.2) is 36.3 Å². The Kier molecular flexibility index (Phi) is 6.65. The molecule has 1 aromatic rings. The Morgan fingerprint density at radius 1 is 1.53 bits per heavy atom. The van der Waals surface area contributed by atoms with E-state index in [-0.39, 0.29) is 5.91 Å². The van der Waals surface area contributed by atoms with Crippen molar-refractivity contribution in [2.45, 2.75) is 18.7 Å². The Hall–Kier alpha value is -1.07. The van der Waals surface area contributed by atoms with Crippen LogP contribution in [0.5, 0.6) is 0 Å². The van der Waals surface area contributed by atoms with Gasteiger partial charge in [-0.25, -0.2) is 0 Å². The standard InChI is InChI=1S/C12H19N3OS/c1-10(13-2)7-15-12(16)9-17-8-11-5-3-4-6-14-11/h3-6,10,13H,7-9H2,1-2H3,(H,15,16). The Morgan fingerprint density at radius 2 is 2.35 bits per heavy atom. The predicted molar refractivity (Wildman–Crippen MR) is 71.9 cm³/mol. The van der Waals surface area contributed by atoms with Gasteiger partial charge in [-0.1, -0.05) is 6.07 Å². The number of thioether (sulfide) groups is 1. The summed E-state index contributed by atoms with van der Waals surface area (Å²) in [5.41, 5.74) is 1.01. The topological polar surface area (TPSA) is 54.0 Å². The summed E-state index contributed by atoms with van der Waals surface area (Å²) < 4.78 is 0. The average Bonchev–Trinajstić information content (AvgIpc) is 2.37. The smallest absolute Gasteiger partial charge is 0.230 e. The van der Waals surface area contributed by atoms with Gasteiger partial charge in [0.1, 0.15) is 0 Å². The van der Waals surface area contributed by atoms with Crippen LogP contribution in [0.2, 0.25) is 0 Å². The fraction of sp³-hybridized carbons (Fsp3) is 0.500. The number of nitrogens with one attached hydrogen (secondary N) is 2. The summed E-state index contributed by atoms with van der Waals surface area (Å²) in [7, 11) is 1.88. The molecule has 0 saturated carbocycles. The molecule has 0 radical (unpaired) electrons. The highest BCUT2D eigenvalue weighted by molar-refractivity contribution is 7.99. The molecule has 2 N–H and O–H groups in total. The van der Waals surface area contributed by atoms with E-state index in [4.69, 9.17) is 0 Å². The van der Waals surface area contributed by atoms with Gasteiger partial charge >= 0.3 is 0 Å². The quantitative estimate of drug-likeness (QED) is 0.762. The molecule has 0 fully saturated rings. The van der Waals surface area contributed by atoms with Gasteiger partial charge in [-0.2, -0.15) is 0 Å². The fourth-order valence-corrected chi connectivity index (χ4v) is 1.92. The normalized spacial score (nSPS) is 12.1. The van der Waals surface area contributed by atoms with Gasteiger partial charge < -0.3 is 10.6 Å². The number of pyridine rings is 1. The molecule has 0 bridgehead atoms. The van der Waals surface area contributed by atoms with Gasteiger partial charge in [-0.05, 0) is 26.1 Å². The van der Waals surface area contributed by atoms with Crippen molar-refractivity contribution in [3.63, 3.8) is 0 Å². The minimum Gasteiger partial charge on any atom is -0.354 e. The molecule has 0 aliphatic rings. The molecule has 1 atom stereocenters. The highest BCUT2D eigenvalue weighted by Gasteiger charge is 2.04. The van der Waals surface area contributed by atoms with E-state index < -0.39 is 0 Å². The van der Waals surface area contributed by atoms with E-state index in [2.05, 4.69) is 15.6 Å². The van der Waals surface area contributed by atoms with Crippen LogP contribution < -0.4 is 10.6 Å². The van der Waals surface area contributed by atoms with Crippen LogP contribution in [-0.2, 0) is 10.5 Å². The number of hydrogen-bond donors (Lipinski definition) is 2. The first kappa shape index (κ1) is 14.0. The lowest BCUT2D eigenvalue weighted by Crippen LogP contribution is -2.37. The van der Waals surface area contributed by atoms with Crippen LogP contribution in [0.3, 0.4) is 0 Å². The second kappa shape index (κ2) is 8.08. The van der Waals surface area contributed by atoms with Crippen molar-refractivity contribution in [3.8, 4) is 0 Å². The SMILES string of the molecule is CNC(C)CNC(=O)CSCc1ccccn1. The lowest BCUT2D eigenvalue weighted by atomic mass is 10.3. The molecule has 0 aliphatic heterocycles. The summed E-state index contributed by atoms with van der Waals surface area (Å²) in [4.78, 5) is 15.7. The number of carbonyl (C=O) groups excluding carboxylic acids is 1. The molecule has 1 aromatic heterocycles. The van der Waals surface area contributed by atoms with Crippen LogP contribution >= 0.6 is 11.8 Å². The molecule has 4 nitrogen and oxygen atoms in total. The number of rotatable bonds is 7. The zero-order chi connectivity index (χ0) is 12.5. The summed E-state index contributed by atoms with van der Waals surface area (Å²) in [5.74, 6) is 1.33.